The number of benzene rings is 2. The topological polar surface area (TPSA) is 52.7 Å². The van der Waals surface area contributed by atoms with Crippen molar-refractivity contribution in [2.75, 3.05) is 32.7 Å². The van der Waals surface area contributed by atoms with E-state index in [0.29, 0.717) is 44.7 Å². The molecule has 0 saturated carbocycles. The molecule has 6 heteroatoms. The van der Waals surface area contributed by atoms with E-state index in [4.69, 9.17) is 0 Å². The molecule has 1 aliphatic rings. The number of carbonyl (C=O) groups is 2. The largest absolute Gasteiger partial charge is 0.354 e. The average Bonchev–Trinajstić information content (AvgIpc) is 2.74. The standard InChI is InChI=1S/C22H26FN3O2/c1-17(21(27)24-12-11-18-7-9-20(23)10-8-18)25-13-15-26(16-14-25)22(28)19-5-3-2-4-6-19/h2-10,17H,11-16H2,1H3,(H,24,27)/t17-/m1/s1. The molecular weight excluding hydrogens is 357 g/mol. The van der Waals surface area contributed by atoms with Crippen LogP contribution < -0.4 is 5.32 Å². The first kappa shape index (κ1) is 20.0. The van der Waals surface area contributed by atoms with E-state index in [9.17, 15) is 14.0 Å². The number of nitrogens with one attached hydrogen (secondary N) is 1. The molecule has 1 heterocycles. The number of amides is 2. The molecule has 5 nitrogen and oxygen atoms in total. The van der Waals surface area contributed by atoms with Gasteiger partial charge in [0.2, 0.25) is 5.91 Å². The number of halogens is 1. The van der Waals surface area contributed by atoms with Gasteiger partial charge in [0.1, 0.15) is 5.82 Å². The van der Waals surface area contributed by atoms with Crippen molar-refractivity contribution < 1.29 is 14.0 Å². The van der Waals surface area contributed by atoms with Gasteiger partial charge in [-0.25, -0.2) is 4.39 Å². The zero-order valence-electron chi connectivity index (χ0n) is 16.1. The van der Waals surface area contributed by atoms with Crippen LogP contribution in [0.5, 0.6) is 0 Å². The first-order valence-corrected chi connectivity index (χ1v) is 9.65. The van der Waals surface area contributed by atoms with E-state index in [1.54, 1.807) is 12.1 Å². The predicted octanol–water partition coefficient (Wildman–Crippen LogP) is 2.33. The molecule has 1 saturated heterocycles. The summed E-state index contributed by atoms with van der Waals surface area (Å²) in [6, 6.07) is 15.3. The Labute approximate surface area is 165 Å². The van der Waals surface area contributed by atoms with E-state index in [-0.39, 0.29) is 23.7 Å². The number of hydrogen-bond donors (Lipinski definition) is 1. The van der Waals surface area contributed by atoms with E-state index in [1.807, 2.05) is 42.2 Å². The van der Waals surface area contributed by atoms with Crippen LogP contribution in [0.3, 0.4) is 0 Å². The summed E-state index contributed by atoms with van der Waals surface area (Å²) in [7, 11) is 0. The summed E-state index contributed by atoms with van der Waals surface area (Å²) < 4.78 is 12.9. The van der Waals surface area contributed by atoms with Gasteiger partial charge in [-0.05, 0) is 43.2 Å². The highest BCUT2D eigenvalue weighted by Gasteiger charge is 2.27. The quantitative estimate of drug-likeness (QED) is 0.833. The van der Waals surface area contributed by atoms with Crippen LogP contribution in [0.4, 0.5) is 4.39 Å². The molecule has 1 aliphatic heterocycles. The van der Waals surface area contributed by atoms with Crippen molar-refractivity contribution in [2.45, 2.75) is 19.4 Å². The maximum atomic E-state index is 12.9. The van der Waals surface area contributed by atoms with Crippen molar-refractivity contribution in [3.63, 3.8) is 0 Å². The molecule has 1 atom stereocenters. The molecule has 0 aromatic heterocycles. The van der Waals surface area contributed by atoms with Gasteiger partial charge in [0.15, 0.2) is 0 Å². The Kier molecular flexibility index (Phi) is 6.76. The number of rotatable bonds is 6. The monoisotopic (exact) mass is 383 g/mol. The summed E-state index contributed by atoms with van der Waals surface area (Å²) in [6.45, 7) is 4.97. The van der Waals surface area contributed by atoms with Gasteiger partial charge in [-0.2, -0.15) is 0 Å². The molecule has 3 rings (SSSR count). The highest BCUT2D eigenvalue weighted by molar-refractivity contribution is 5.94. The SMILES string of the molecule is C[C@H](C(=O)NCCc1ccc(F)cc1)N1CCN(C(=O)c2ccccc2)CC1. The molecule has 148 valence electrons. The third kappa shape index (κ3) is 5.16. The van der Waals surface area contributed by atoms with Crippen LogP contribution in [0.15, 0.2) is 54.6 Å². The average molecular weight is 383 g/mol. The number of piperazine rings is 1. The summed E-state index contributed by atoms with van der Waals surface area (Å²) in [5, 5.41) is 2.95. The van der Waals surface area contributed by atoms with Gasteiger partial charge in [-0.1, -0.05) is 30.3 Å². The zero-order valence-corrected chi connectivity index (χ0v) is 16.1. The molecule has 1 N–H and O–H groups in total. The lowest BCUT2D eigenvalue weighted by atomic mass is 10.1. The molecule has 2 aromatic carbocycles. The maximum absolute atomic E-state index is 12.9. The molecule has 0 spiro atoms. The molecule has 1 fully saturated rings. The first-order valence-electron chi connectivity index (χ1n) is 9.65. The summed E-state index contributed by atoms with van der Waals surface area (Å²) in [6.07, 6.45) is 0.665. The maximum Gasteiger partial charge on any atom is 0.253 e. The molecule has 0 radical (unpaired) electrons. The van der Waals surface area contributed by atoms with Crippen LogP contribution in [0.1, 0.15) is 22.8 Å². The third-order valence-electron chi connectivity index (χ3n) is 5.18. The van der Waals surface area contributed by atoms with Gasteiger partial charge in [0.05, 0.1) is 6.04 Å². The molecule has 2 amide bonds. The lowest BCUT2D eigenvalue weighted by Crippen LogP contribution is -2.55. The van der Waals surface area contributed by atoms with Crippen molar-refractivity contribution in [3.8, 4) is 0 Å². The Morgan fingerprint density at radius 3 is 2.29 bits per heavy atom. The van der Waals surface area contributed by atoms with Crippen LogP contribution in [0.25, 0.3) is 0 Å². The molecule has 28 heavy (non-hydrogen) atoms. The normalized spacial score (nSPS) is 15.9. The van der Waals surface area contributed by atoms with Gasteiger partial charge >= 0.3 is 0 Å². The highest BCUT2D eigenvalue weighted by atomic mass is 19.1. The second kappa shape index (κ2) is 9.46. The third-order valence-corrected chi connectivity index (χ3v) is 5.18. The van der Waals surface area contributed by atoms with E-state index in [1.165, 1.54) is 12.1 Å². The van der Waals surface area contributed by atoms with Crippen LogP contribution in [-0.4, -0.2) is 60.4 Å². The van der Waals surface area contributed by atoms with Crippen molar-refractivity contribution in [2.24, 2.45) is 0 Å². The van der Waals surface area contributed by atoms with Crippen molar-refractivity contribution in [3.05, 3.63) is 71.5 Å². The van der Waals surface area contributed by atoms with E-state index < -0.39 is 0 Å². The van der Waals surface area contributed by atoms with Crippen LogP contribution >= 0.6 is 0 Å². The minimum Gasteiger partial charge on any atom is -0.354 e. The number of hydrogen-bond acceptors (Lipinski definition) is 3. The molecule has 2 aromatic rings. The van der Waals surface area contributed by atoms with Gasteiger partial charge in [-0.3, -0.25) is 14.5 Å². The Morgan fingerprint density at radius 2 is 1.64 bits per heavy atom. The fourth-order valence-electron chi connectivity index (χ4n) is 3.37. The van der Waals surface area contributed by atoms with Gasteiger partial charge < -0.3 is 10.2 Å². The summed E-state index contributed by atoms with van der Waals surface area (Å²) in [4.78, 5) is 28.9. The smallest absolute Gasteiger partial charge is 0.253 e. The Hall–Kier alpha value is -2.73. The van der Waals surface area contributed by atoms with Gasteiger partial charge in [-0.15, -0.1) is 0 Å². The predicted molar refractivity (Wildman–Crippen MR) is 106 cm³/mol. The number of nitrogens with zero attached hydrogens (tertiary/aromatic N) is 2. The van der Waals surface area contributed by atoms with E-state index in [0.717, 1.165) is 5.56 Å². The molecule has 0 bridgehead atoms. The molecule has 0 unspecified atom stereocenters. The zero-order chi connectivity index (χ0) is 19.9. The van der Waals surface area contributed by atoms with Crippen molar-refractivity contribution in [1.29, 1.82) is 0 Å². The Balaban J connectivity index is 1.42. The fourth-order valence-corrected chi connectivity index (χ4v) is 3.37. The number of carbonyl (C=O) groups excluding carboxylic acids is 2. The first-order chi connectivity index (χ1) is 13.5. The lowest BCUT2D eigenvalue weighted by Gasteiger charge is -2.37. The van der Waals surface area contributed by atoms with Crippen molar-refractivity contribution in [1.82, 2.24) is 15.1 Å². The summed E-state index contributed by atoms with van der Waals surface area (Å²) in [5.41, 5.74) is 1.69. The highest BCUT2D eigenvalue weighted by Crippen LogP contribution is 2.11. The lowest BCUT2D eigenvalue weighted by molar-refractivity contribution is -0.126. The molecular formula is C22H26FN3O2. The fraction of sp³-hybridized carbons (Fsp3) is 0.364. The minimum atomic E-state index is -0.258. The van der Waals surface area contributed by atoms with Crippen molar-refractivity contribution >= 4 is 11.8 Å². The van der Waals surface area contributed by atoms with Crippen LogP contribution in [0, 0.1) is 5.82 Å². The van der Waals surface area contributed by atoms with E-state index >= 15 is 0 Å². The summed E-state index contributed by atoms with van der Waals surface area (Å²) >= 11 is 0. The van der Waals surface area contributed by atoms with Gasteiger partial charge in [0, 0.05) is 38.3 Å². The summed E-state index contributed by atoms with van der Waals surface area (Å²) in [5.74, 6) is -0.243. The molecule has 0 aliphatic carbocycles. The minimum absolute atomic E-state index is 0.0232. The van der Waals surface area contributed by atoms with E-state index in [2.05, 4.69) is 10.2 Å². The van der Waals surface area contributed by atoms with Gasteiger partial charge in [0.25, 0.3) is 5.91 Å². The Morgan fingerprint density at radius 1 is 1.00 bits per heavy atom. The Bertz CT molecular complexity index is 787. The second-order valence-corrected chi connectivity index (χ2v) is 7.04. The van der Waals surface area contributed by atoms with Crippen LogP contribution in [0.2, 0.25) is 0 Å². The second-order valence-electron chi connectivity index (χ2n) is 7.04. The van der Waals surface area contributed by atoms with Crippen LogP contribution in [-0.2, 0) is 11.2 Å².